The largest absolute Gasteiger partial charge is 0.463 e. The van der Waals surface area contributed by atoms with Gasteiger partial charge in [-0.15, -0.1) is 0 Å². The number of allylic oxidation sites excluding steroid dienone is 8. The molecule has 0 fully saturated rings. The van der Waals surface area contributed by atoms with Gasteiger partial charge in [0, 0.05) is 13.1 Å². The predicted octanol–water partition coefficient (Wildman–Crippen LogP) is 12.4. The molecule has 0 atom stereocenters. The van der Waals surface area contributed by atoms with Gasteiger partial charge in [0.1, 0.15) is 6.61 Å². The van der Waals surface area contributed by atoms with Gasteiger partial charge in [-0.1, -0.05) is 140 Å². The zero-order chi connectivity index (χ0) is 36.4. The van der Waals surface area contributed by atoms with Crippen molar-refractivity contribution in [2.24, 2.45) is 0 Å². The van der Waals surface area contributed by atoms with Crippen LogP contribution in [0.3, 0.4) is 0 Å². The van der Waals surface area contributed by atoms with Gasteiger partial charge < -0.3 is 19.3 Å². The molecule has 50 heavy (non-hydrogen) atoms. The Hall–Kier alpha value is -1.69. The second-order valence-corrected chi connectivity index (χ2v) is 14.4. The molecular weight excluding hydrogens is 617 g/mol. The molecule has 0 aromatic carbocycles. The average molecular weight is 701 g/mol. The summed E-state index contributed by atoms with van der Waals surface area (Å²) in [6.07, 6.45) is 50.2. The van der Waals surface area contributed by atoms with E-state index in [1.807, 2.05) is 19.0 Å². The Bertz CT molecular complexity index is 756. The first-order valence-corrected chi connectivity index (χ1v) is 21.3. The van der Waals surface area contributed by atoms with Crippen LogP contribution in [-0.2, 0) is 14.3 Å². The molecule has 5 nitrogen and oxygen atoms in total. The highest BCUT2D eigenvalue weighted by Gasteiger charge is 2.07. The maximum absolute atomic E-state index is 11.8. The average Bonchev–Trinajstić information content (AvgIpc) is 3.11. The van der Waals surface area contributed by atoms with Gasteiger partial charge in [0.25, 0.3) is 0 Å². The molecule has 0 radical (unpaired) electrons. The van der Waals surface area contributed by atoms with Gasteiger partial charge in [-0.3, -0.25) is 4.79 Å². The topological polar surface area (TPSA) is 42.0 Å². The third-order valence-corrected chi connectivity index (χ3v) is 9.16. The Morgan fingerprint density at radius 3 is 1.32 bits per heavy atom. The molecule has 0 spiro atoms. The number of carbonyl (C=O) groups is 1. The van der Waals surface area contributed by atoms with Crippen LogP contribution in [0.25, 0.3) is 0 Å². The molecule has 0 amide bonds. The van der Waals surface area contributed by atoms with Crippen molar-refractivity contribution in [2.45, 2.75) is 174 Å². The van der Waals surface area contributed by atoms with Crippen LogP contribution in [0.1, 0.15) is 174 Å². The SMILES string of the molecule is CCCCC/C=C\C/C=C\CCCCCCCCN(CCCCCCCC/C=C\C/C=C\CCCCC)CCOCCOC(=O)CCN(C)C. The highest BCUT2D eigenvalue weighted by Crippen LogP contribution is 2.11. The molecule has 0 N–H and O–H groups in total. The van der Waals surface area contributed by atoms with Crippen LogP contribution in [-0.4, -0.2) is 75.9 Å². The third kappa shape index (κ3) is 40.7. The van der Waals surface area contributed by atoms with E-state index in [4.69, 9.17) is 9.47 Å². The number of hydrogen-bond donors (Lipinski definition) is 0. The van der Waals surface area contributed by atoms with E-state index in [0.717, 1.165) is 39.0 Å². The van der Waals surface area contributed by atoms with E-state index in [9.17, 15) is 4.79 Å². The Balaban J connectivity index is 4.10. The maximum atomic E-state index is 11.8. The Morgan fingerprint density at radius 1 is 0.460 bits per heavy atom. The fourth-order valence-electron chi connectivity index (χ4n) is 5.88. The smallest absolute Gasteiger partial charge is 0.307 e. The number of esters is 1. The van der Waals surface area contributed by atoms with E-state index >= 15 is 0 Å². The summed E-state index contributed by atoms with van der Waals surface area (Å²) in [6.45, 7) is 10.1. The molecule has 0 saturated carbocycles. The van der Waals surface area contributed by atoms with E-state index < -0.39 is 0 Å². The molecule has 0 aliphatic heterocycles. The van der Waals surface area contributed by atoms with E-state index in [2.05, 4.69) is 67.4 Å². The molecular formula is C45H84N2O3. The summed E-state index contributed by atoms with van der Waals surface area (Å²) in [5.41, 5.74) is 0. The Kier molecular flexibility index (Phi) is 40.3. The number of nitrogens with zero attached hydrogens (tertiary/aromatic N) is 2. The molecule has 292 valence electrons. The van der Waals surface area contributed by atoms with Crippen LogP contribution >= 0.6 is 0 Å². The van der Waals surface area contributed by atoms with Gasteiger partial charge in [0.15, 0.2) is 0 Å². The van der Waals surface area contributed by atoms with Crippen LogP contribution in [0.15, 0.2) is 48.6 Å². The van der Waals surface area contributed by atoms with Crippen molar-refractivity contribution in [1.29, 1.82) is 0 Å². The molecule has 0 unspecified atom stereocenters. The van der Waals surface area contributed by atoms with Crippen LogP contribution in [0.5, 0.6) is 0 Å². The molecule has 0 aliphatic carbocycles. The van der Waals surface area contributed by atoms with Crippen molar-refractivity contribution in [3.05, 3.63) is 48.6 Å². The van der Waals surface area contributed by atoms with Gasteiger partial charge in [0.05, 0.1) is 19.6 Å². The third-order valence-electron chi connectivity index (χ3n) is 9.16. The van der Waals surface area contributed by atoms with Crippen molar-refractivity contribution in [3.8, 4) is 0 Å². The number of rotatable bonds is 39. The fourth-order valence-corrected chi connectivity index (χ4v) is 5.88. The van der Waals surface area contributed by atoms with E-state index in [1.165, 1.54) is 141 Å². The molecule has 0 saturated heterocycles. The maximum Gasteiger partial charge on any atom is 0.307 e. The molecule has 0 rings (SSSR count). The summed E-state index contributed by atoms with van der Waals surface area (Å²) in [6, 6.07) is 0. The lowest BCUT2D eigenvalue weighted by molar-refractivity contribution is -0.145. The molecule has 0 aromatic rings. The van der Waals surface area contributed by atoms with Crippen LogP contribution in [0, 0.1) is 0 Å². The first kappa shape index (κ1) is 48.3. The second-order valence-electron chi connectivity index (χ2n) is 14.4. The normalized spacial score (nSPS) is 12.4. The second kappa shape index (κ2) is 41.7. The molecule has 5 heteroatoms. The van der Waals surface area contributed by atoms with E-state index in [-0.39, 0.29) is 5.97 Å². The van der Waals surface area contributed by atoms with Crippen molar-refractivity contribution in [3.63, 3.8) is 0 Å². The van der Waals surface area contributed by atoms with Gasteiger partial charge in [-0.2, -0.15) is 0 Å². The number of hydrogen-bond acceptors (Lipinski definition) is 5. The van der Waals surface area contributed by atoms with Gasteiger partial charge in [0.2, 0.25) is 0 Å². The van der Waals surface area contributed by atoms with Gasteiger partial charge >= 0.3 is 5.97 Å². The van der Waals surface area contributed by atoms with Crippen molar-refractivity contribution in [2.75, 3.05) is 60.1 Å². The number of unbranched alkanes of at least 4 members (excludes halogenated alkanes) is 18. The summed E-state index contributed by atoms with van der Waals surface area (Å²) in [5, 5.41) is 0. The van der Waals surface area contributed by atoms with E-state index in [1.54, 1.807) is 0 Å². The molecule has 0 aromatic heterocycles. The van der Waals surface area contributed by atoms with Crippen molar-refractivity contribution < 1.29 is 14.3 Å². The first-order chi connectivity index (χ1) is 24.6. The standard InChI is InChI=1S/C45H84N2O3/c1-5-7-9-11-13-15-17-19-21-23-25-27-29-31-33-35-38-47(41-42-49-43-44-50-45(48)37-40-46(3)4)39-36-34-32-30-28-26-24-22-20-18-16-14-12-10-8-6-2/h13-16,19-22H,5-12,17-18,23-44H2,1-4H3/b15-13-,16-14-,21-19-,22-20-. The minimum absolute atomic E-state index is 0.140. The highest BCUT2D eigenvalue weighted by molar-refractivity contribution is 5.69. The zero-order valence-electron chi connectivity index (χ0n) is 33.9. The monoisotopic (exact) mass is 701 g/mol. The van der Waals surface area contributed by atoms with E-state index in [0.29, 0.717) is 26.2 Å². The summed E-state index contributed by atoms with van der Waals surface area (Å²) < 4.78 is 11.2. The summed E-state index contributed by atoms with van der Waals surface area (Å²) in [5.74, 6) is -0.140. The lowest BCUT2D eigenvalue weighted by atomic mass is 10.1. The minimum Gasteiger partial charge on any atom is -0.463 e. The number of carbonyl (C=O) groups excluding carboxylic acids is 1. The highest BCUT2D eigenvalue weighted by atomic mass is 16.6. The van der Waals surface area contributed by atoms with Crippen LogP contribution < -0.4 is 0 Å². The van der Waals surface area contributed by atoms with Crippen LogP contribution in [0.4, 0.5) is 0 Å². The summed E-state index contributed by atoms with van der Waals surface area (Å²) in [4.78, 5) is 16.4. The first-order valence-electron chi connectivity index (χ1n) is 21.3. The summed E-state index contributed by atoms with van der Waals surface area (Å²) >= 11 is 0. The number of ether oxygens (including phenoxy) is 2. The minimum atomic E-state index is -0.140. The Morgan fingerprint density at radius 2 is 0.880 bits per heavy atom. The van der Waals surface area contributed by atoms with Crippen molar-refractivity contribution >= 4 is 5.97 Å². The molecule has 0 heterocycles. The quantitative estimate of drug-likeness (QED) is 0.0363. The fraction of sp³-hybridized carbons (Fsp3) is 0.800. The zero-order valence-corrected chi connectivity index (χ0v) is 33.9. The Labute approximate surface area is 312 Å². The lowest BCUT2D eigenvalue weighted by Gasteiger charge is -2.22. The van der Waals surface area contributed by atoms with Crippen LogP contribution in [0.2, 0.25) is 0 Å². The summed E-state index contributed by atoms with van der Waals surface area (Å²) in [7, 11) is 3.93. The predicted molar refractivity (Wildman–Crippen MR) is 220 cm³/mol. The lowest BCUT2D eigenvalue weighted by Crippen LogP contribution is -2.30. The van der Waals surface area contributed by atoms with Gasteiger partial charge in [-0.05, 0) is 104 Å². The van der Waals surface area contributed by atoms with Gasteiger partial charge in [-0.25, -0.2) is 0 Å². The molecule has 0 aliphatic rings. The van der Waals surface area contributed by atoms with Crippen molar-refractivity contribution in [1.82, 2.24) is 9.80 Å². The molecule has 0 bridgehead atoms.